The van der Waals surface area contributed by atoms with Crippen LogP contribution < -0.4 is 4.74 Å². The number of hydrogen-bond acceptors (Lipinski definition) is 7. The van der Waals surface area contributed by atoms with Gasteiger partial charge >= 0.3 is 0 Å². The molecule has 0 bridgehead atoms. The average molecular weight is 755 g/mol. The first kappa shape index (κ1) is 40.8. The standard InChI is InChI=1S/C44H55FN4O4S/c1-27(2)36-19-20-38(41(29(5)6)40(36)28(3)4)53-24-11-12-39-48-42(34-15-17-35(45)18-16-34)43(37-21-23-46-44(47-37)54(10,50)51)49(39)26-52-25-22-33-14-13-30(7)31(8)32(33)9/h13-21,23,27-29H,11-12,22,24-26H2,1-10H3. The number of ether oxygens (including phenoxy) is 2. The second-order valence-electron chi connectivity index (χ2n) is 15.1. The number of benzene rings is 3. The smallest absolute Gasteiger partial charge is 0.247 e. The van der Waals surface area contributed by atoms with Crippen molar-refractivity contribution in [1.82, 2.24) is 19.5 Å². The normalized spacial score (nSPS) is 12.0. The maximum atomic E-state index is 14.1. The summed E-state index contributed by atoms with van der Waals surface area (Å²) in [6.45, 7) is 20.9. The highest BCUT2D eigenvalue weighted by Crippen LogP contribution is 2.39. The predicted octanol–water partition coefficient (Wildman–Crippen LogP) is 10.1. The molecule has 0 saturated heterocycles. The molecule has 0 aliphatic rings. The van der Waals surface area contributed by atoms with E-state index in [1.807, 2.05) is 4.57 Å². The predicted molar refractivity (Wildman–Crippen MR) is 215 cm³/mol. The Morgan fingerprint density at radius 2 is 1.48 bits per heavy atom. The molecule has 0 spiro atoms. The lowest BCUT2D eigenvalue weighted by molar-refractivity contribution is 0.0782. The van der Waals surface area contributed by atoms with Crippen LogP contribution in [0.4, 0.5) is 4.39 Å². The van der Waals surface area contributed by atoms with Crippen molar-refractivity contribution in [3.05, 3.63) is 111 Å². The zero-order valence-corrected chi connectivity index (χ0v) is 34.3. The van der Waals surface area contributed by atoms with Gasteiger partial charge in [-0.15, -0.1) is 0 Å². The molecule has 10 heteroatoms. The fourth-order valence-electron chi connectivity index (χ4n) is 7.08. The number of nitrogens with zero attached hydrogens (tertiary/aromatic N) is 4. The summed E-state index contributed by atoms with van der Waals surface area (Å²) in [5.41, 5.74) is 11.2. The molecule has 0 unspecified atom stereocenters. The van der Waals surface area contributed by atoms with Gasteiger partial charge in [0.15, 0.2) is 0 Å². The van der Waals surface area contributed by atoms with Crippen LogP contribution in [0.1, 0.15) is 110 Å². The van der Waals surface area contributed by atoms with E-state index in [1.54, 1.807) is 18.2 Å². The third-order valence-corrected chi connectivity index (χ3v) is 11.0. The first-order valence-electron chi connectivity index (χ1n) is 18.9. The molecule has 5 aromatic rings. The number of aryl methyl sites for hydroxylation is 2. The summed E-state index contributed by atoms with van der Waals surface area (Å²) in [6.07, 6.45) is 4.43. The van der Waals surface area contributed by atoms with Crippen molar-refractivity contribution in [3.8, 4) is 28.4 Å². The Kier molecular flexibility index (Phi) is 13.1. The van der Waals surface area contributed by atoms with Crippen LogP contribution in [0, 0.1) is 26.6 Å². The van der Waals surface area contributed by atoms with Gasteiger partial charge in [0.2, 0.25) is 15.0 Å². The number of sulfone groups is 1. The van der Waals surface area contributed by atoms with Crippen molar-refractivity contribution in [1.29, 1.82) is 0 Å². The van der Waals surface area contributed by atoms with E-state index in [0.29, 0.717) is 66.5 Å². The molecule has 5 rings (SSSR count). The summed E-state index contributed by atoms with van der Waals surface area (Å²) in [6, 6.07) is 16.4. The maximum absolute atomic E-state index is 14.1. The SMILES string of the molecule is Cc1ccc(CCOCn2c(CCCOc3ccc(C(C)C)c(C(C)C)c3C(C)C)nc(-c3ccc(F)cc3)c2-c2ccnc(S(C)(=O)=O)n2)c(C)c1C. The van der Waals surface area contributed by atoms with Gasteiger partial charge in [0, 0.05) is 30.0 Å². The number of imidazole rings is 1. The molecular formula is C44H55FN4O4S. The molecule has 0 aliphatic heterocycles. The Balaban J connectivity index is 1.50. The van der Waals surface area contributed by atoms with Crippen molar-refractivity contribution in [3.63, 3.8) is 0 Å². The van der Waals surface area contributed by atoms with Crippen molar-refractivity contribution in [2.45, 2.75) is 111 Å². The summed E-state index contributed by atoms with van der Waals surface area (Å²) in [4.78, 5) is 13.6. The molecule has 0 atom stereocenters. The quantitative estimate of drug-likeness (QED) is 0.0731. The highest BCUT2D eigenvalue weighted by molar-refractivity contribution is 7.90. The third kappa shape index (κ3) is 9.27. The third-order valence-electron chi connectivity index (χ3n) is 10.1. The molecule has 2 aromatic heterocycles. The van der Waals surface area contributed by atoms with Crippen LogP contribution in [-0.4, -0.2) is 47.4 Å². The van der Waals surface area contributed by atoms with E-state index in [4.69, 9.17) is 14.5 Å². The van der Waals surface area contributed by atoms with E-state index in [1.165, 1.54) is 57.3 Å². The summed E-state index contributed by atoms with van der Waals surface area (Å²) < 4.78 is 54.1. The molecule has 0 N–H and O–H groups in total. The fraction of sp³-hybridized carbons (Fsp3) is 0.432. The molecule has 2 heterocycles. The topological polar surface area (TPSA) is 96.2 Å². The Labute approximate surface area is 321 Å². The van der Waals surface area contributed by atoms with Gasteiger partial charge in [-0.3, -0.25) is 0 Å². The lowest BCUT2D eigenvalue weighted by atomic mass is 9.83. The van der Waals surface area contributed by atoms with Crippen LogP contribution in [0.15, 0.2) is 66.0 Å². The van der Waals surface area contributed by atoms with Gasteiger partial charge < -0.3 is 14.0 Å². The molecular weight excluding hydrogens is 700 g/mol. The van der Waals surface area contributed by atoms with Crippen molar-refractivity contribution < 1.29 is 22.3 Å². The summed E-state index contributed by atoms with van der Waals surface area (Å²) in [7, 11) is -3.70. The largest absolute Gasteiger partial charge is 0.493 e. The van der Waals surface area contributed by atoms with Gasteiger partial charge in [-0.05, 0) is 121 Å². The number of halogens is 1. The summed E-state index contributed by atoms with van der Waals surface area (Å²) >= 11 is 0. The lowest BCUT2D eigenvalue weighted by Gasteiger charge is -2.25. The Morgan fingerprint density at radius 3 is 2.13 bits per heavy atom. The van der Waals surface area contributed by atoms with E-state index in [2.05, 4.69) is 96.5 Å². The lowest BCUT2D eigenvalue weighted by Crippen LogP contribution is -2.13. The summed E-state index contributed by atoms with van der Waals surface area (Å²) in [5, 5.41) is -0.288. The minimum absolute atomic E-state index is 0.147. The first-order chi connectivity index (χ1) is 25.6. The molecule has 288 valence electrons. The van der Waals surface area contributed by atoms with Crippen LogP contribution in [0.2, 0.25) is 0 Å². The van der Waals surface area contributed by atoms with Crippen molar-refractivity contribution in [2.24, 2.45) is 0 Å². The summed E-state index contributed by atoms with van der Waals surface area (Å²) in [5.74, 6) is 2.33. The molecule has 3 aromatic carbocycles. The van der Waals surface area contributed by atoms with E-state index in [9.17, 15) is 12.8 Å². The second kappa shape index (κ2) is 17.4. The van der Waals surface area contributed by atoms with Gasteiger partial charge in [-0.25, -0.2) is 27.8 Å². The highest BCUT2D eigenvalue weighted by atomic mass is 32.2. The molecule has 0 aliphatic carbocycles. The van der Waals surface area contributed by atoms with Crippen LogP contribution >= 0.6 is 0 Å². The maximum Gasteiger partial charge on any atom is 0.247 e. The second-order valence-corrected chi connectivity index (χ2v) is 17.0. The van der Waals surface area contributed by atoms with E-state index >= 15 is 0 Å². The minimum Gasteiger partial charge on any atom is -0.493 e. The zero-order valence-electron chi connectivity index (χ0n) is 33.5. The molecule has 0 fully saturated rings. The van der Waals surface area contributed by atoms with Crippen molar-refractivity contribution >= 4 is 9.84 Å². The molecule has 54 heavy (non-hydrogen) atoms. The van der Waals surface area contributed by atoms with Crippen LogP contribution in [0.5, 0.6) is 5.75 Å². The van der Waals surface area contributed by atoms with Gasteiger partial charge in [0.25, 0.3) is 0 Å². The van der Waals surface area contributed by atoms with Gasteiger partial charge in [-0.2, -0.15) is 0 Å². The van der Waals surface area contributed by atoms with Crippen LogP contribution in [0.3, 0.4) is 0 Å². The van der Waals surface area contributed by atoms with E-state index < -0.39 is 9.84 Å². The zero-order chi connectivity index (χ0) is 39.3. The molecule has 0 saturated carbocycles. The molecule has 8 nitrogen and oxygen atoms in total. The Morgan fingerprint density at radius 1 is 0.778 bits per heavy atom. The van der Waals surface area contributed by atoms with Gasteiger partial charge in [0.05, 0.1) is 30.3 Å². The monoisotopic (exact) mass is 754 g/mol. The van der Waals surface area contributed by atoms with Crippen molar-refractivity contribution in [2.75, 3.05) is 19.5 Å². The molecule has 0 radical (unpaired) electrons. The van der Waals surface area contributed by atoms with Gasteiger partial charge in [-0.1, -0.05) is 59.7 Å². The van der Waals surface area contributed by atoms with Crippen LogP contribution in [0.25, 0.3) is 22.6 Å². The Bertz CT molecular complexity index is 2190. The Hall–Kier alpha value is -4.41. The van der Waals surface area contributed by atoms with Gasteiger partial charge in [0.1, 0.15) is 24.1 Å². The fourth-order valence-corrected chi connectivity index (χ4v) is 7.60. The first-order valence-corrected chi connectivity index (χ1v) is 20.8. The highest BCUT2D eigenvalue weighted by Gasteiger charge is 2.24. The number of rotatable bonds is 16. The van der Waals surface area contributed by atoms with E-state index in [0.717, 1.165) is 24.3 Å². The number of aromatic nitrogens is 4. The average Bonchev–Trinajstić information content (AvgIpc) is 3.49. The number of hydrogen-bond donors (Lipinski definition) is 0. The minimum atomic E-state index is -3.70. The van der Waals surface area contributed by atoms with Crippen LogP contribution in [-0.2, 0) is 34.1 Å². The molecule has 0 amide bonds. The van der Waals surface area contributed by atoms with E-state index in [-0.39, 0.29) is 17.7 Å².